The fraction of sp³-hybridized carbons (Fsp3) is 0.167. The van der Waals surface area contributed by atoms with Crippen molar-refractivity contribution in [3.63, 3.8) is 0 Å². The largest absolute Gasteiger partial charge is 0.370 e. The number of nitro groups is 1. The molecule has 120 valence electrons. The second-order valence-corrected chi connectivity index (χ2v) is 5.61. The molecule has 2 rings (SSSR count). The van der Waals surface area contributed by atoms with Gasteiger partial charge in [-0.05, 0) is 6.07 Å². The molecule has 0 saturated carbocycles. The van der Waals surface area contributed by atoms with Crippen LogP contribution >= 0.6 is 11.8 Å². The Kier molecular flexibility index (Phi) is 4.91. The fourth-order valence-corrected chi connectivity index (χ4v) is 2.68. The second kappa shape index (κ2) is 6.87. The summed E-state index contributed by atoms with van der Waals surface area (Å²) in [6.45, 7) is 0. The number of carbonyl (C=O) groups excluding carboxylic acids is 2. The molecule has 0 bridgehead atoms. The van der Waals surface area contributed by atoms with Gasteiger partial charge in [-0.1, -0.05) is 17.8 Å². The number of nitrogens with two attached hydrogens (primary N) is 2. The van der Waals surface area contributed by atoms with Gasteiger partial charge in [0.1, 0.15) is 5.25 Å². The Morgan fingerprint density at radius 1 is 1.48 bits per heavy atom. The maximum Gasteiger partial charge on any atom is 0.271 e. The molecule has 0 fully saturated rings. The Morgan fingerprint density at radius 2 is 2.22 bits per heavy atom. The molecule has 0 aliphatic carbocycles. The fourth-order valence-electron chi connectivity index (χ4n) is 1.74. The number of anilines is 1. The number of non-ortho nitro benzene ring substituents is 1. The van der Waals surface area contributed by atoms with Crippen molar-refractivity contribution >= 4 is 46.1 Å². The highest BCUT2D eigenvalue weighted by atomic mass is 32.2. The number of guanidine groups is 1. The van der Waals surface area contributed by atoms with E-state index in [2.05, 4.69) is 15.3 Å². The predicted molar refractivity (Wildman–Crippen MR) is 86.0 cm³/mol. The Morgan fingerprint density at radius 3 is 2.87 bits per heavy atom. The molecule has 0 spiro atoms. The maximum absolute atomic E-state index is 11.9. The predicted octanol–water partition coefficient (Wildman–Crippen LogP) is 0.195. The molecule has 1 heterocycles. The van der Waals surface area contributed by atoms with Crippen LogP contribution in [0, 0.1) is 10.1 Å². The molecular weight excluding hydrogens is 324 g/mol. The third-order valence-corrected chi connectivity index (χ3v) is 3.71. The van der Waals surface area contributed by atoms with Gasteiger partial charge in [-0.15, -0.1) is 0 Å². The number of aliphatic imine (C=N–C) groups is 2. The van der Waals surface area contributed by atoms with Gasteiger partial charge in [-0.3, -0.25) is 19.7 Å². The molecule has 1 aliphatic heterocycles. The van der Waals surface area contributed by atoms with E-state index in [1.807, 2.05) is 0 Å². The first-order valence-electron chi connectivity index (χ1n) is 6.28. The van der Waals surface area contributed by atoms with Crippen LogP contribution < -0.4 is 16.8 Å². The summed E-state index contributed by atoms with van der Waals surface area (Å²) in [6, 6.07) is 5.49. The first kappa shape index (κ1) is 16.4. The van der Waals surface area contributed by atoms with Crippen molar-refractivity contribution in [3.05, 3.63) is 34.4 Å². The number of carbonyl (C=O) groups is 2. The van der Waals surface area contributed by atoms with E-state index in [4.69, 9.17) is 11.5 Å². The molecule has 0 radical (unpaired) electrons. The van der Waals surface area contributed by atoms with Gasteiger partial charge in [-0.25, -0.2) is 0 Å². The van der Waals surface area contributed by atoms with Crippen molar-refractivity contribution in [2.75, 3.05) is 5.32 Å². The highest BCUT2D eigenvalue weighted by Gasteiger charge is 2.30. The number of amides is 2. The summed E-state index contributed by atoms with van der Waals surface area (Å²) < 4.78 is 0. The summed E-state index contributed by atoms with van der Waals surface area (Å²) in [6.07, 6.45) is -0.154. The lowest BCUT2D eigenvalue weighted by Crippen LogP contribution is -2.23. The summed E-state index contributed by atoms with van der Waals surface area (Å²) in [5.41, 5.74) is 10.5. The van der Waals surface area contributed by atoms with Gasteiger partial charge >= 0.3 is 0 Å². The lowest BCUT2D eigenvalue weighted by Gasteiger charge is -2.07. The van der Waals surface area contributed by atoms with Crippen LogP contribution in [0.3, 0.4) is 0 Å². The van der Waals surface area contributed by atoms with E-state index in [1.165, 1.54) is 24.3 Å². The standard InChI is InChI=1S/C12H12N6O4S/c13-11(14)17-12-16-10(20)8(23-12)5-9(19)15-6-2-1-3-7(4-6)18(21)22/h1-4,8H,5H2,(H,15,19)(H4,13,14,16,17,20). The van der Waals surface area contributed by atoms with Gasteiger partial charge in [0.15, 0.2) is 11.1 Å². The van der Waals surface area contributed by atoms with Crippen molar-refractivity contribution in [1.82, 2.24) is 0 Å². The number of hydrogen-bond acceptors (Lipinski definition) is 6. The number of thioether (sulfide) groups is 1. The van der Waals surface area contributed by atoms with Gasteiger partial charge in [0, 0.05) is 24.2 Å². The zero-order valence-corrected chi connectivity index (χ0v) is 12.4. The van der Waals surface area contributed by atoms with Crippen LogP contribution in [0.4, 0.5) is 11.4 Å². The number of nitrogens with one attached hydrogen (secondary N) is 1. The maximum atomic E-state index is 11.9. The molecule has 5 N–H and O–H groups in total. The topological polar surface area (TPSA) is 166 Å². The van der Waals surface area contributed by atoms with E-state index in [0.29, 0.717) is 0 Å². The summed E-state index contributed by atoms with van der Waals surface area (Å²) in [7, 11) is 0. The molecular formula is C12H12N6O4S. The van der Waals surface area contributed by atoms with E-state index in [9.17, 15) is 19.7 Å². The molecule has 2 amide bonds. The van der Waals surface area contributed by atoms with Crippen molar-refractivity contribution in [2.45, 2.75) is 11.7 Å². The van der Waals surface area contributed by atoms with Crippen LogP contribution in [0.5, 0.6) is 0 Å². The van der Waals surface area contributed by atoms with E-state index >= 15 is 0 Å². The number of amidine groups is 1. The van der Waals surface area contributed by atoms with Gasteiger partial charge < -0.3 is 16.8 Å². The molecule has 1 atom stereocenters. The molecule has 0 saturated heterocycles. The van der Waals surface area contributed by atoms with Crippen molar-refractivity contribution in [1.29, 1.82) is 0 Å². The van der Waals surface area contributed by atoms with Crippen LogP contribution in [-0.2, 0) is 9.59 Å². The Labute approximate surface area is 134 Å². The quantitative estimate of drug-likeness (QED) is 0.305. The van der Waals surface area contributed by atoms with Crippen LogP contribution in [0.25, 0.3) is 0 Å². The van der Waals surface area contributed by atoms with Crippen molar-refractivity contribution in [3.8, 4) is 0 Å². The van der Waals surface area contributed by atoms with Crippen LogP contribution in [-0.4, -0.2) is 33.1 Å². The number of nitrogens with zero attached hydrogens (tertiary/aromatic N) is 3. The molecule has 10 nitrogen and oxygen atoms in total. The third-order valence-electron chi connectivity index (χ3n) is 2.67. The number of rotatable bonds is 4. The van der Waals surface area contributed by atoms with Crippen LogP contribution in [0.15, 0.2) is 34.3 Å². The van der Waals surface area contributed by atoms with Gasteiger partial charge in [0.25, 0.3) is 11.6 Å². The SMILES string of the molecule is NC(N)=NC1=NC(=O)C(CC(=O)Nc2cccc([N+](=O)[O-])c2)S1. The molecule has 11 heteroatoms. The van der Waals surface area contributed by atoms with Gasteiger partial charge in [0.05, 0.1) is 4.92 Å². The number of benzene rings is 1. The minimum absolute atomic E-state index is 0.100. The Hall–Kier alpha value is -2.95. The molecule has 1 aromatic rings. The van der Waals surface area contributed by atoms with Crippen LogP contribution in [0.1, 0.15) is 6.42 Å². The Bertz CT molecular complexity index is 728. The van der Waals surface area contributed by atoms with Gasteiger partial charge in [-0.2, -0.15) is 9.98 Å². The zero-order valence-electron chi connectivity index (χ0n) is 11.6. The van der Waals surface area contributed by atoms with E-state index in [-0.39, 0.29) is 28.9 Å². The minimum atomic E-state index is -0.730. The summed E-state index contributed by atoms with van der Waals surface area (Å²) in [5, 5.41) is 12.5. The highest BCUT2D eigenvalue weighted by Crippen LogP contribution is 2.26. The third kappa shape index (κ3) is 4.51. The molecule has 0 aromatic heterocycles. The summed E-state index contributed by atoms with van der Waals surface area (Å²) in [4.78, 5) is 41.0. The van der Waals surface area contributed by atoms with E-state index in [1.54, 1.807) is 0 Å². The van der Waals surface area contributed by atoms with E-state index < -0.39 is 22.0 Å². The molecule has 1 unspecified atom stereocenters. The molecule has 1 aliphatic rings. The van der Waals surface area contributed by atoms with E-state index in [0.717, 1.165) is 11.8 Å². The smallest absolute Gasteiger partial charge is 0.271 e. The van der Waals surface area contributed by atoms with Crippen molar-refractivity contribution < 1.29 is 14.5 Å². The number of hydrogen-bond donors (Lipinski definition) is 3. The monoisotopic (exact) mass is 336 g/mol. The minimum Gasteiger partial charge on any atom is -0.370 e. The van der Waals surface area contributed by atoms with Crippen molar-refractivity contribution in [2.24, 2.45) is 21.5 Å². The Balaban J connectivity index is 1.96. The molecule has 23 heavy (non-hydrogen) atoms. The normalized spacial score (nSPS) is 16.6. The zero-order chi connectivity index (χ0) is 17.0. The average Bonchev–Trinajstić information content (AvgIpc) is 2.77. The average molecular weight is 336 g/mol. The summed E-state index contributed by atoms with van der Waals surface area (Å²) >= 11 is 0.978. The second-order valence-electron chi connectivity index (χ2n) is 4.44. The van der Waals surface area contributed by atoms with Crippen LogP contribution in [0.2, 0.25) is 0 Å². The highest BCUT2D eigenvalue weighted by molar-refractivity contribution is 8.15. The van der Waals surface area contributed by atoms with Gasteiger partial charge in [0.2, 0.25) is 5.91 Å². The number of nitro benzene ring substituents is 1. The lowest BCUT2D eigenvalue weighted by atomic mass is 10.2. The first-order chi connectivity index (χ1) is 10.8. The molecule has 1 aromatic carbocycles. The first-order valence-corrected chi connectivity index (χ1v) is 7.16. The lowest BCUT2D eigenvalue weighted by molar-refractivity contribution is -0.384. The summed E-state index contributed by atoms with van der Waals surface area (Å²) in [5.74, 6) is -1.22.